The fourth-order valence-corrected chi connectivity index (χ4v) is 4.32. The molecular weight excluding hydrogens is 303 g/mol. The zero-order valence-electron chi connectivity index (χ0n) is 13.5. The van der Waals surface area contributed by atoms with E-state index in [1.54, 1.807) is 6.92 Å². The summed E-state index contributed by atoms with van der Waals surface area (Å²) in [5.41, 5.74) is 0.423. The molecule has 1 N–H and O–H groups in total. The Bertz CT molecular complexity index is 619. The summed E-state index contributed by atoms with van der Waals surface area (Å²) in [6.45, 7) is 8.27. The van der Waals surface area contributed by atoms with Crippen LogP contribution >= 0.6 is 0 Å². The average molecular weight is 328 g/mol. The molecule has 0 spiro atoms. The van der Waals surface area contributed by atoms with Crippen LogP contribution < -0.4 is 4.72 Å². The number of hydrogen-bond acceptors (Lipinski definition) is 3. The Morgan fingerprint density at radius 2 is 2.18 bits per heavy atom. The minimum atomic E-state index is -3.60. The van der Waals surface area contributed by atoms with E-state index in [0.29, 0.717) is 18.0 Å². The molecule has 1 aliphatic heterocycles. The lowest BCUT2D eigenvalue weighted by Crippen LogP contribution is -2.46. The van der Waals surface area contributed by atoms with Crippen molar-refractivity contribution >= 4 is 10.0 Å². The van der Waals surface area contributed by atoms with Gasteiger partial charge in [0.25, 0.3) is 0 Å². The summed E-state index contributed by atoms with van der Waals surface area (Å²) in [4.78, 5) is 2.47. The zero-order valence-corrected chi connectivity index (χ0v) is 14.3. The van der Waals surface area contributed by atoms with Gasteiger partial charge in [-0.25, -0.2) is 17.5 Å². The first-order valence-electron chi connectivity index (χ1n) is 7.79. The molecule has 0 amide bonds. The molecule has 0 unspecified atom stereocenters. The van der Waals surface area contributed by atoms with E-state index in [-0.39, 0.29) is 10.9 Å². The quantitative estimate of drug-likeness (QED) is 0.903. The van der Waals surface area contributed by atoms with Crippen molar-refractivity contribution < 1.29 is 12.8 Å². The molecule has 0 radical (unpaired) electrons. The van der Waals surface area contributed by atoms with E-state index in [2.05, 4.69) is 16.5 Å². The number of nitrogens with one attached hydrogen (secondary N) is 1. The molecule has 1 fully saturated rings. The van der Waals surface area contributed by atoms with Gasteiger partial charge in [0.15, 0.2) is 0 Å². The van der Waals surface area contributed by atoms with Crippen molar-refractivity contribution in [2.24, 2.45) is 5.92 Å². The van der Waals surface area contributed by atoms with Crippen LogP contribution in [0.25, 0.3) is 0 Å². The van der Waals surface area contributed by atoms with Crippen molar-refractivity contribution in [3.05, 3.63) is 29.6 Å². The highest BCUT2D eigenvalue weighted by Gasteiger charge is 2.23. The van der Waals surface area contributed by atoms with E-state index in [1.807, 2.05) is 6.92 Å². The molecule has 22 heavy (non-hydrogen) atoms. The lowest BCUT2D eigenvalue weighted by Gasteiger charge is -2.35. The van der Waals surface area contributed by atoms with E-state index in [9.17, 15) is 12.8 Å². The van der Waals surface area contributed by atoms with Crippen LogP contribution in [0.2, 0.25) is 0 Å². The Kier molecular flexibility index (Phi) is 5.58. The number of piperidine rings is 1. The molecule has 2 atom stereocenters. The SMILES string of the molecule is Cc1cc(F)ccc1S(=O)(=O)NC[C@H](C)N1CCC[C@H](C)C1. The maximum atomic E-state index is 13.1. The molecule has 4 nitrogen and oxygen atoms in total. The van der Waals surface area contributed by atoms with Crippen LogP contribution in [0.5, 0.6) is 0 Å². The average Bonchev–Trinajstić information content (AvgIpc) is 2.44. The molecule has 0 bridgehead atoms. The van der Waals surface area contributed by atoms with Gasteiger partial charge in [-0.2, -0.15) is 0 Å². The second-order valence-corrected chi connectivity index (χ2v) is 8.09. The molecule has 1 aliphatic rings. The Morgan fingerprint density at radius 3 is 2.82 bits per heavy atom. The number of likely N-dealkylation sites (tertiary alicyclic amines) is 1. The highest BCUT2D eigenvalue weighted by Crippen LogP contribution is 2.19. The van der Waals surface area contributed by atoms with Crippen molar-refractivity contribution in [2.45, 2.75) is 44.6 Å². The van der Waals surface area contributed by atoms with Gasteiger partial charge in [0.2, 0.25) is 10.0 Å². The Labute approximate surface area is 132 Å². The van der Waals surface area contributed by atoms with Gasteiger partial charge in [0.1, 0.15) is 5.82 Å². The van der Waals surface area contributed by atoms with Crippen molar-refractivity contribution in [1.29, 1.82) is 0 Å². The van der Waals surface area contributed by atoms with Crippen LogP contribution in [0.4, 0.5) is 4.39 Å². The summed E-state index contributed by atoms with van der Waals surface area (Å²) < 4.78 is 40.5. The Hall–Kier alpha value is -0.980. The van der Waals surface area contributed by atoms with E-state index >= 15 is 0 Å². The summed E-state index contributed by atoms with van der Waals surface area (Å²) in [5, 5.41) is 0. The maximum absolute atomic E-state index is 13.1. The third-order valence-electron chi connectivity index (χ3n) is 4.31. The highest BCUT2D eigenvalue weighted by atomic mass is 32.2. The standard InChI is InChI=1S/C16H25FN2O2S/c1-12-5-4-8-19(11-12)14(3)10-18-22(20,21)16-7-6-15(17)9-13(16)2/h6-7,9,12,14,18H,4-5,8,10-11H2,1-3H3/t12-,14-/m0/s1. The highest BCUT2D eigenvalue weighted by molar-refractivity contribution is 7.89. The third kappa shape index (κ3) is 4.27. The smallest absolute Gasteiger partial charge is 0.240 e. The summed E-state index contributed by atoms with van der Waals surface area (Å²) in [6, 6.07) is 3.89. The van der Waals surface area contributed by atoms with Gasteiger partial charge in [-0.3, -0.25) is 4.90 Å². The number of benzene rings is 1. The van der Waals surface area contributed by atoms with Gasteiger partial charge >= 0.3 is 0 Å². The Morgan fingerprint density at radius 1 is 1.45 bits per heavy atom. The molecule has 0 aliphatic carbocycles. The van der Waals surface area contributed by atoms with Gasteiger partial charge < -0.3 is 0 Å². The monoisotopic (exact) mass is 328 g/mol. The molecule has 1 saturated heterocycles. The molecule has 1 heterocycles. The van der Waals surface area contributed by atoms with Crippen LogP contribution in [0.15, 0.2) is 23.1 Å². The van der Waals surface area contributed by atoms with Crippen molar-refractivity contribution in [3.63, 3.8) is 0 Å². The zero-order chi connectivity index (χ0) is 16.3. The summed E-state index contributed by atoms with van der Waals surface area (Å²) in [5.74, 6) is 0.235. The minimum Gasteiger partial charge on any atom is -0.299 e. The maximum Gasteiger partial charge on any atom is 0.240 e. The predicted octanol–water partition coefficient (Wildman–Crippen LogP) is 2.53. The van der Waals surface area contributed by atoms with Crippen LogP contribution in [0, 0.1) is 18.7 Å². The lowest BCUT2D eigenvalue weighted by atomic mass is 9.99. The summed E-state index contributed by atoms with van der Waals surface area (Å²) >= 11 is 0. The van der Waals surface area contributed by atoms with Gasteiger partial charge in [-0.05, 0) is 62.9 Å². The van der Waals surface area contributed by atoms with Gasteiger partial charge in [-0.1, -0.05) is 6.92 Å². The molecule has 2 rings (SSSR count). The van der Waals surface area contributed by atoms with E-state index < -0.39 is 15.8 Å². The first kappa shape index (κ1) is 17.4. The number of sulfonamides is 1. The molecule has 6 heteroatoms. The third-order valence-corrected chi connectivity index (χ3v) is 5.89. The summed E-state index contributed by atoms with van der Waals surface area (Å²) in [6.07, 6.45) is 2.40. The fourth-order valence-electron chi connectivity index (χ4n) is 2.98. The van der Waals surface area contributed by atoms with Crippen LogP contribution in [-0.4, -0.2) is 39.0 Å². The van der Waals surface area contributed by atoms with Crippen LogP contribution in [0.3, 0.4) is 0 Å². The van der Waals surface area contributed by atoms with Crippen molar-refractivity contribution in [2.75, 3.05) is 19.6 Å². The molecule has 0 aromatic heterocycles. The second kappa shape index (κ2) is 7.06. The second-order valence-electron chi connectivity index (χ2n) is 6.35. The first-order valence-corrected chi connectivity index (χ1v) is 9.28. The van der Waals surface area contributed by atoms with E-state index in [4.69, 9.17) is 0 Å². The van der Waals surface area contributed by atoms with Crippen molar-refractivity contribution in [3.8, 4) is 0 Å². The lowest BCUT2D eigenvalue weighted by molar-refractivity contribution is 0.140. The summed E-state index contributed by atoms with van der Waals surface area (Å²) in [7, 11) is -3.60. The number of rotatable bonds is 5. The van der Waals surface area contributed by atoms with Gasteiger partial charge in [0.05, 0.1) is 4.90 Å². The van der Waals surface area contributed by atoms with Gasteiger partial charge in [-0.15, -0.1) is 0 Å². The predicted molar refractivity (Wildman–Crippen MR) is 85.8 cm³/mol. The van der Waals surface area contributed by atoms with Crippen LogP contribution in [0.1, 0.15) is 32.3 Å². The molecule has 124 valence electrons. The van der Waals surface area contributed by atoms with Crippen molar-refractivity contribution in [1.82, 2.24) is 9.62 Å². The minimum absolute atomic E-state index is 0.146. The first-order chi connectivity index (χ1) is 10.3. The normalized spacial score (nSPS) is 21.7. The topological polar surface area (TPSA) is 49.4 Å². The van der Waals surface area contributed by atoms with Crippen LogP contribution in [-0.2, 0) is 10.0 Å². The van der Waals surface area contributed by atoms with E-state index in [1.165, 1.54) is 24.6 Å². The molecule has 1 aromatic carbocycles. The number of hydrogen-bond donors (Lipinski definition) is 1. The molecule has 0 saturated carbocycles. The molecular formula is C16H25FN2O2S. The Balaban J connectivity index is 2.00. The number of halogens is 1. The largest absolute Gasteiger partial charge is 0.299 e. The number of aryl methyl sites for hydroxylation is 1. The van der Waals surface area contributed by atoms with E-state index in [0.717, 1.165) is 19.5 Å². The number of nitrogens with zero attached hydrogens (tertiary/aromatic N) is 1. The molecule has 1 aromatic rings. The fraction of sp³-hybridized carbons (Fsp3) is 0.625. The van der Waals surface area contributed by atoms with Gasteiger partial charge in [0, 0.05) is 19.1 Å².